The van der Waals surface area contributed by atoms with E-state index in [1.54, 1.807) is 7.11 Å². The number of methoxy groups -OCH3 is 1. The Kier molecular flexibility index (Phi) is 5.65. The lowest BCUT2D eigenvalue weighted by Gasteiger charge is -2.34. The summed E-state index contributed by atoms with van der Waals surface area (Å²) >= 11 is 1.39. The second-order valence-corrected chi connectivity index (χ2v) is 6.98. The van der Waals surface area contributed by atoms with E-state index in [2.05, 4.69) is 56.6 Å². The Hall–Kier alpha value is -1.70. The Bertz CT molecular complexity index is 667. The van der Waals surface area contributed by atoms with Gasteiger partial charge in [-0.2, -0.15) is 4.37 Å². The maximum Gasteiger partial charge on any atom is 0.207 e. The molecule has 1 fully saturated rings. The van der Waals surface area contributed by atoms with Gasteiger partial charge in [-0.15, -0.1) is 0 Å². The van der Waals surface area contributed by atoms with Crippen molar-refractivity contribution in [2.45, 2.75) is 13.3 Å². The highest BCUT2D eigenvalue weighted by atomic mass is 32.1. The van der Waals surface area contributed by atoms with Crippen LogP contribution in [0, 0.1) is 6.92 Å². The molecule has 3 rings (SSSR count). The molecule has 1 aromatic carbocycles. The van der Waals surface area contributed by atoms with Gasteiger partial charge in [0.2, 0.25) is 5.13 Å². The van der Waals surface area contributed by atoms with E-state index in [-0.39, 0.29) is 0 Å². The first-order valence-electron chi connectivity index (χ1n) is 8.28. The molecular weight excluding hydrogens is 322 g/mol. The highest BCUT2D eigenvalue weighted by Gasteiger charge is 2.15. The van der Waals surface area contributed by atoms with Crippen LogP contribution in [0.2, 0.25) is 0 Å². The topological polar surface area (TPSA) is 53.5 Å². The van der Waals surface area contributed by atoms with E-state index < -0.39 is 0 Å². The van der Waals surface area contributed by atoms with Gasteiger partial charge in [-0.25, -0.2) is 4.98 Å². The minimum absolute atomic E-state index is 0.647. The summed E-state index contributed by atoms with van der Waals surface area (Å²) in [5, 5.41) is 4.23. The van der Waals surface area contributed by atoms with Crippen LogP contribution in [-0.2, 0) is 11.2 Å². The number of anilines is 3. The monoisotopic (exact) mass is 347 g/mol. The molecule has 0 spiro atoms. The van der Waals surface area contributed by atoms with Crippen LogP contribution in [0.15, 0.2) is 18.2 Å². The average molecular weight is 347 g/mol. The quantitative estimate of drug-likeness (QED) is 0.867. The van der Waals surface area contributed by atoms with Gasteiger partial charge >= 0.3 is 0 Å². The summed E-state index contributed by atoms with van der Waals surface area (Å²) < 4.78 is 9.44. The molecule has 6 nitrogen and oxygen atoms in total. The fraction of sp³-hybridized carbons (Fsp3) is 0.529. The minimum Gasteiger partial charge on any atom is -0.384 e. The summed E-state index contributed by atoms with van der Waals surface area (Å²) in [5.74, 6) is 0.830. The average Bonchev–Trinajstić information content (AvgIpc) is 3.00. The van der Waals surface area contributed by atoms with Crippen molar-refractivity contribution in [2.75, 3.05) is 57.2 Å². The number of piperazine rings is 1. The van der Waals surface area contributed by atoms with Crippen molar-refractivity contribution in [3.63, 3.8) is 0 Å². The summed E-state index contributed by atoms with van der Waals surface area (Å²) in [5.41, 5.74) is 3.59. The van der Waals surface area contributed by atoms with Crippen LogP contribution in [0.3, 0.4) is 0 Å². The van der Waals surface area contributed by atoms with E-state index in [1.165, 1.54) is 22.8 Å². The Balaban J connectivity index is 1.70. The van der Waals surface area contributed by atoms with Gasteiger partial charge in [0.15, 0.2) is 0 Å². The predicted molar refractivity (Wildman–Crippen MR) is 99.7 cm³/mol. The van der Waals surface area contributed by atoms with Gasteiger partial charge in [-0.1, -0.05) is 0 Å². The zero-order valence-electron chi connectivity index (χ0n) is 14.6. The van der Waals surface area contributed by atoms with Crippen molar-refractivity contribution in [3.8, 4) is 0 Å². The van der Waals surface area contributed by atoms with E-state index in [0.717, 1.165) is 49.2 Å². The summed E-state index contributed by atoms with van der Waals surface area (Å²) in [7, 11) is 3.87. The fourth-order valence-electron chi connectivity index (χ4n) is 2.81. The largest absolute Gasteiger partial charge is 0.384 e. The molecule has 0 atom stereocenters. The molecule has 2 aromatic rings. The van der Waals surface area contributed by atoms with Crippen LogP contribution in [-0.4, -0.2) is 61.2 Å². The Morgan fingerprint density at radius 3 is 2.75 bits per heavy atom. The number of benzene rings is 1. The standard InChI is InChI=1S/C17H25N5OS/c1-13-10-14(18-17-19-16(20-24-17)4-9-23-3)12-15(11-13)22-7-5-21(2)6-8-22/h10-12H,4-9H2,1-3H3,(H,18,19,20). The molecular formula is C17H25N5OS. The van der Waals surface area contributed by atoms with Crippen molar-refractivity contribution in [3.05, 3.63) is 29.6 Å². The second-order valence-electron chi connectivity index (χ2n) is 6.23. The molecule has 0 bridgehead atoms. The number of nitrogens with one attached hydrogen (secondary N) is 1. The van der Waals surface area contributed by atoms with Crippen LogP contribution in [0.5, 0.6) is 0 Å². The minimum atomic E-state index is 0.647. The van der Waals surface area contributed by atoms with E-state index in [4.69, 9.17) is 4.74 Å². The van der Waals surface area contributed by atoms with Crippen molar-refractivity contribution in [1.82, 2.24) is 14.3 Å². The molecule has 0 unspecified atom stereocenters. The lowest BCUT2D eigenvalue weighted by atomic mass is 10.1. The maximum atomic E-state index is 5.07. The first-order chi connectivity index (χ1) is 11.6. The summed E-state index contributed by atoms with van der Waals surface area (Å²) in [6.45, 7) is 7.13. The molecule has 24 heavy (non-hydrogen) atoms. The van der Waals surface area contributed by atoms with Crippen molar-refractivity contribution < 1.29 is 4.74 Å². The first-order valence-corrected chi connectivity index (χ1v) is 9.05. The Morgan fingerprint density at radius 1 is 1.21 bits per heavy atom. The van der Waals surface area contributed by atoms with Gasteiger partial charge in [0, 0.05) is 62.6 Å². The lowest BCUT2D eigenvalue weighted by Crippen LogP contribution is -2.44. The third-order valence-electron chi connectivity index (χ3n) is 4.18. The second kappa shape index (κ2) is 7.92. The van der Waals surface area contributed by atoms with E-state index >= 15 is 0 Å². The number of likely N-dealkylation sites (N-methyl/N-ethyl adjacent to an activating group) is 1. The molecule has 1 aliphatic heterocycles. The van der Waals surface area contributed by atoms with Crippen LogP contribution >= 0.6 is 11.5 Å². The number of nitrogens with zero attached hydrogens (tertiary/aromatic N) is 4. The number of hydrogen-bond donors (Lipinski definition) is 1. The summed E-state index contributed by atoms with van der Waals surface area (Å²) in [4.78, 5) is 9.34. The Morgan fingerprint density at radius 2 is 2.00 bits per heavy atom. The highest BCUT2D eigenvalue weighted by Crippen LogP contribution is 2.26. The summed E-state index contributed by atoms with van der Waals surface area (Å²) in [6, 6.07) is 6.60. The Labute approximate surface area is 147 Å². The SMILES string of the molecule is COCCc1nsc(Nc2cc(C)cc(N3CCN(C)CC3)c2)n1. The van der Waals surface area contributed by atoms with Crippen LogP contribution in [0.25, 0.3) is 0 Å². The number of rotatable bonds is 6. The third kappa shape index (κ3) is 4.43. The first kappa shape index (κ1) is 17.1. The van der Waals surface area contributed by atoms with Gasteiger partial charge in [0.25, 0.3) is 0 Å². The molecule has 1 aromatic heterocycles. The lowest BCUT2D eigenvalue weighted by molar-refractivity contribution is 0.201. The molecule has 0 saturated carbocycles. The molecule has 1 aliphatic rings. The van der Waals surface area contributed by atoms with Crippen molar-refractivity contribution in [2.24, 2.45) is 0 Å². The normalized spacial score (nSPS) is 15.7. The molecule has 0 radical (unpaired) electrons. The number of aromatic nitrogens is 2. The van der Waals surface area contributed by atoms with Gasteiger partial charge in [-0.3, -0.25) is 0 Å². The molecule has 1 N–H and O–H groups in total. The maximum absolute atomic E-state index is 5.07. The molecule has 2 heterocycles. The number of aryl methyl sites for hydroxylation is 1. The van der Waals surface area contributed by atoms with E-state index in [1.807, 2.05) is 0 Å². The van der Waals surface area contributed by atoms with Gasteiger partial charge < -0.3 is 19.9 Å². The van der Waals surface area contributed by atoms with E-state index in [9.17, 15) is 0 Å². The van der Waals surface area contributed by atoms with Crippen molar-refractivity contribution in [1.29, 1.82) is 0 Å². The van der Waals surface area contributed by atoms with Crippen LogP contribution < -0.4 is 10.2 Å². The summed E-state index contributed by atoms with van der Waals surface area (Å²) in [6.07, 6.45) is 0.745. The van der Waals surface area contributed by atoms with Gasteiger partial charge in [0.1, 0.15) is 5.82 Å². The van der Waals surface area contributed by atoms with Gasteiger partial charge in [0.05, 0.1) is 6.61 Å². The molecule has 130 valence electrons. The number of hydrogen-bond acceptors (Lipinski definition) is 7. The molecule has 0 aliphatic carbocycles. The number of ether oxygens (including phenoxy) is 1. The highest BCUT2D eigenvalue weighted by molar-refractivity contribution is 7.09. The predicted octanol–water partition coefficient (Wildman–Crippen LogP) is 2.53. The van der Waals surface area contributed by atoms with Crippen molar-refractivity contribution >= 4 is 28.0 Å². The fourth-order valence-corrected chi connectivity index (χ4v) is 3.44. The zero-order chi connectivity index (χ0) is 16.9. The molecule has 0 amide bonds. The van der Waals surface area contributed by atoms with Crippen LogP contribution in [0.1, 0.15) is 11.4 Å². The van der Waals surface area contributed by atoms with E-state index in [0.29, 0.717) is 6.61 Å². The van der Waals surface area contributed by atoms with Crippen LogP contribution in [0.4, 0.5) is 16.5 Å². The third-order valence-corrected chi connectivity index (χ3v) is 4.85. The zero-order valence-corrected chi connectivity index (χ0v) is 15.4. The smallest absolute Gasteiger partial charge is 0.207 e. The molecule has 7 heteroatoms. The van der Waals surface area contributed by atoms with Gasteiger partial charge in [-0.05, 0) is 37.7 Å². The molecule has 1 saturated heterocycles.